The zero-order valence-corrected chi connectivity index (χ0v) is 12.4. The van der Waals surface area contributed by atoms with E-state index in [-0.39, 0.29) is 5.82 Å². The van der Waals surface area contributed by atoms with Crippen LogP contribution in [0.1, 0.15) is 12.5 Å². The van der Waals surface area contributed by atoms with Crippen LogP contribution in [0, 0.1) is 5.82 Å². The molecule has 0 aliphatic heterocycles. The fourth-order valence-corrected chi connectivity index (χ4v) is 2.94. The van der Waals surface area contributed by atoms with Crippen molar-refractivity contribution in [2.24, 2.45) is 0 Å². The van der Waals surface area contributed by atoms with Gasteiger partial charge in [-0.05, 0) is 31.2 Å². The second-order valence-corrected chi connectivity index (χ2v) is 5.56. The summed E-state index contributed by atoms with van der Waals surface area (Å²) in [7, 11) is 0. The van der Waals surface area contributed by atoms with Gasteiger partial charge >= 0.3 is 0 Å². The monoisotopic (exact) mass is 302 g/mol. The van der Waals surface area contributed by atoms with Gasteiger partial charge < -0.3 is 10.1 Å². The lowest BCUT2D eigenvalue weighted by Crippen LogP contribution is -2.00. The highest BCUT2D eigenvalue weighted by atomic mass is 32.1. The Morgan fingerprint density at radius 3 is 2.90 bits per heavy atom. The summed E-state index contributed by atoms with van der Waals surface area (Å²) in [6.45, 7) is 3.02. The Morgan fingerprint density at radius 2 is 2.10 bits per heavy atom. The first-order valence-corrected chi connectivity index (χ1v) is 7.58. The van der Waals surface area contributed by atoms with Crippen molar-refractivity contribution >= 4 is 26.7 Å². The number of hydrogen-bond acceptors (Lipinski definition) is 4. The maximum absolute atomic E-state index is 13.6. The van der Waals surface area contributed by atoms with E-state index in [1.165, 1.54) is 17.4 Å². The average Bonchev–Trinajstić information content (AvgIpc) is 2.89. The highest BCUT2D eigenvalue weighted by molar-refractivity contribution is 7.22. The van der Waals surface area contributed by atoms with Gasteiger partial charge in [0.1, 0.15) is 11.6 Å². The van der Waals surface area contributed by atoms with E-state index in [1.54, 1.807) is 12.1 Å². The van der Waals surface area contributed by atoms with E-state index in [0.717, 1.165) is 21.1 Å². The normalized spacial score (nSPS) is 10.8. The molecule has 0 fully saturated rings. The number of nitrogens with zero attached hydrogens (tertiary/aromatic N) is 1. The van der Waals surface area contributed by atoms with Gasteiger partial charge in [0.15, 0.2) is 5.13 Å². The maximum Gasteiger partial charge on any atom is 0.184 e. The van der Waals surface area contributed by atoms with Crippen molar-refractivity contribution in [2.45, 2.75) is 13.5 Å². The first-order chi connectivity index (χ1) is 10.3. The van der Waals surface area contributed by atoms with E-state index in [9.17, 15) is 4.39 Å². The van der Waals surface area contributed by atoms with Crippen LogP contribution in [0.4, 0.5) is 9.52 Å². The summed E-state index contributed by atoms with van der Waals surface area (Å²) in [5.41, 5.74) is 1.55. The average molecular weight is 302 g/mol. The lowest BCUT2D eigenvalue weighted by molar-refractivity contribution is 0.341. The number of nitrogens with one attached hydrogen (secondary N) is 1. The molecule has 3 aromatic rings. The molecular weight excluding hydrogens is 287 g/mol. The summed E-state index contributed by atoms with van der Waals surface area (Å²) in [5.74, 6) is 0.638. The summed E-state index contributed by atoms with van der Waals surface area (Å²) in [4.78, 5) is 4.49. The Kier molecular flexibility index (Phi) is 4.01. The molecule has 2 aromatic carbocycles. The molecule has 0 saturated carbocycles. The van der Waals surface area contributed by atoms with E-state index >= 15 is 0 Å². The van der Waals surface area contributed by atoms with E-state index in [2.05, 4.69) is 10.3 Å². The van der Waals surface area contributed by atoms with Gasteiger partial charge in [-0.1, -0.05) is 29.5 Å². The van der Waals surface area contributed by atoms with E-state index in [1.807, 2.05) is 31.2 Å². The van der Waals surface area contributed by atoms with Gasteiger partial charge in [0.25, 0.3) is 0 Å². The van der Waals surface area contributed by atoms with Crippen molar-refractivity contribution in [1.82, 2.24) is 4.98 Å². The zero-order valence-electron chi connectivity index (χ0n) is 11.6. The van der Waals surface area contributed by atoms with Crippen LogP contribution >= 0.6 is 11.3 Å². The van der Waals surface area contributed by atoms with Gasteiger partial charge in [0, 0.05) is 12.1 Å². The molecular formula is C16H15FN2OS. The quantitative estimate of drug-likeness (QED) is 0.756. The van der Waals surface area contributed by atoms with E-state index in [4.69, 9.17) is 4.74 Å². The van der Waals surface area contributed by atoms with Crippen molar-refractivity contribution in [2.75, 3.05) is 11.9 Å². The molecule has 3 rings (SSSR count). The third kappa shape index (κ3) is 3.13. The lowest BCUT2D eigenvalue weighted by Gasteiger charge is -2.03. The predicted octanol–water partition coefficient (Wildman–Crippen LogP) is 4.45. The third-order valence-corrected chi connectivity index (χ3v) is 4.03. The number of anilines is 1. The number of halogens is 1. The molecule has 0 aliphatic carbocycles. The Bertz CT molecular complexity index is 757. The second kappa shape index (κ2) is 6.10. The largest absolute Gasteiger partial charge is 0.494 e. The second-order valence-electron chi connectivity index (χ2n) is 4.53. The van der Waals surface area contributed by atoms with E-state index in [0.29, 0.717) is 18.7 Å². The van der Waals surface area contributed by atoms with Crippen molar-refractivity contribution in [3.8, 4) is 5.75 Å². The topological polar surface area (TPSA) is 34.1 Å². The molecule has 108 valence electrons. The van der Waals surface area contributed by atoms with Crippen molar-refractivity contribution in [3.05, 3.63) is 53.8 Å². The summed E-state index contributed by atoms with van der Waals surface area (Å²) in [6.07, 6.45) is 0. The summed E-state index contributed by atoms with van der Waals surface area (Å²) in [5, 5.41) is 3.95. The maximum atomic E-state index is 13.6. The lowest BCUT2D eigenvalue weighted by atomic mass is 10.2. The fraction of sp³-hybridized carbons (Fsp3) is 0.188. The molecule has 0 radical (unpaired) electrons. The fourth-order valence-electron chi connectivity index (χ4n) is 2.05. The molecule has 1 heterocycles. The molecule has 3 nitrogen and oxygen atoms in total. The highest BCUT2D eigenvalue weighted by Crippen LogP contribution is 2.29. The van der Waals surface area contributed by atoms with Crippen molar-refractivity contribution in [3.63, 3.8) is 0 Å². The smallest absolute Gasteiger partial charge is 0.184 e. The zero-order chi connectivity index (χ0) is 14.7. The molecule has 0 atom stereocenters. The standard InChI is InChI=1S/C16H15FN2OS/c1-2-20-12-7-8-14-15(9-12)21-16(19-14)18-10-11-5-3-4-6-13(11)17/h3-9H,2,10H2,1H3,(H,18,19). The van der Waals surface area contributed by atoms with Gasteiger partial charge in [0.2, 0.25) is 0 Å². The Hall–Kier alpha value is -2.14. The third-order valence-electron chi connectivity index (χ3n) is 3.06. The van der Waals surface area contributed by atoms with Gasteiger partial charge in [-0.2, -0.15) is 0 Å². The number of aromatic nitrogens is 1. The highest BCUT2D eigenvalue weighted by Gasteiger charge is 2.06. The number of ether oxygens (including phenoxy) is 1. The molecule has 1 aromatic heterocycles. The summed E-state index contributed by atoms with van der Waals surface area (Å²) in [6, 6.07) is 12.6. The van der Waals surface area contributed by atoms with Crippen molar-refractivity contribution in [1.29, 1.82) is 0 Å². The van der Waals surface area contributed by atoms with Crippen LogP contribution < -0.4 is 10.1 Å². The minimum Gasteiger partial charge on any atom is -0.494 e. The number of hydrogen-bond donors (Lipinski definition) is 1. The summed E-state index contributed by atoms with van der Waals surface area (Å²) < 4.78 is 20.1. The van der Waals surface area contributed by atoms with Crippen molar-refractivity contribution < 1.29 is 9.13 Å². The predicted molar refractivity (Wildman–Crippen MR) is 84.5 cm³/mol. The van der Waals surface area contributed by atoms with Crippen LogP contribution in [0.3, 0.4) is 0 Å². The minimum absolute atomic E-state index is 0.204. The van der Waals surface area contributed by atoms with Crippen LogP contribution in [-0.2, 0) is 6.54 Å². The van der Waals surface area contributed by atoms with Crippen LogP contribution in [0.2, 0.25) is 0 Å². The molecule has 0 unspecified atom stereocenters. The molecule has 1 N–H and O–H groups in total. The SMILES string of the molecule is CCOc1ccc2nc(NCc3ccccc3F)sc2c1. The Morgan fingerprint density at radius 1 is 1.24 bits per heavy atom. The minimum atomic E-state index is -0.204. The van der Waals surface area contributed by atoms with Crippen LogP contribution in [0.5, 0.6) is 5.75 Å². The van der Waals surface area contributed by atoms with Crippen LogP contribution in [-0.4, -0.2) is 11.6 Å². The number of thiazole rings is 1. The van der Waals surface area contributed by atoms with Crippen LogP contribution in [0.25, 0.3) is 10.2 Å². The first-order valence-electron chi connectivity index (χ1n) is 6.77. The molecule has 0 amide bonds. The molecule has 0 saturated heterocycles. The Balaban J connectivity index is 1.77. The van der Waals surface area contributed by atoms with Gasteiger partial charge in [-0.3, -0.25) is 0 Å². The number of benzene rings is 2. The number of rotatable bonds is 5. The first kappa shape index (κ1) is 13.8. The molecule has 0 bridgehead atoms. The Labute approximate surface area is 126 Å². The van der Waals surface area contributed by atoms with Crippen LogP contribution in [0.15, 0.2) is 42.5 Å². The molecule has 0 aliphatic rings. The summed E-state index contributed by atoms with van der Waals surface area (Å²) >= 11 is 1.54. The molecule has 5 heteroatoms. The van der Waals surface area contributed by atoms with E-state index < -0.39 is 0 Å². The molecule has 0 spiro atoms. The van der Waals surface area contributed by atoms with Gasteiger partial charge in [-0.25, -0.2) is 9.37 Å². The number of fused-ring (bicyclic) bond motifs is 1. The van der Waals surface area contributed by atoms with Gasteiger partial charge in [-0.15, -0.1) is 0 Å². The van der Waals surface area contributed by atoms with Gasteiger partial charge in [0.05, 0.1) is 16.8 Å². The molecule has 21 heavy (non-hydrogen) atoms.